The Hall–Kier alpha value is -1.53. The number of aliphatic hydroxyl groups is 1. The minimum Gasteiger partial charge on any atom is -0.481 e. The molecule has 2 rings (SSSR count). The molecule has 0 unspecified atom stereocenters. The average molecular weight is 265 g/mol. The molecule has 0 aliphatic carbocycles. The van der Waals surface area contributed by atoms with Crippen LogP contribution in [-0.2, 0) is 19.4 Å². The summed E-state index contributed by atoms with van der Waals surface area (Å²) in [5, 5.41) is 9.96. The van der Waals surface area contributed by atoms with Crippen molar-refractivity contribution in [2.45, 2.75) is 17.5 Å². The first kappa shape index (κ1) is 12.9. The van der Waals surface area contributed by atoms with Crippen LogP contribution in [0, 0.1) is 0 Å². The quantitative estimate of drug-likeness (QED) is 0.832. The van der Waals surface area contributed by atoms with Gasteiger partial charge in [-0.1, -0.05) is 17.8 Å². The van der Waals surface area contributed by atoms with E-state index in [-0.39, 0.29) is 6.61 Å². The second-order valence-corrected chi connectivity index (χ2v) is 4.65. The van der Waals surface area contributed by atoms with Gasteiger partial charge in [-0.25, -0.2) is 9.97 Å². The van der Waals surface area contributed by atoms with Crippen molar-refractivity contribution in [3.05, 3.63) is 35.8 Å². The highest BCUT2D eigenvalue weighted by Gasteiger charge is 2.09. The predicted octanol–water partition coefficient (Wildman–Crippen LogP) is 1.61. The summed E-state index contributed by atoms with van der Waals surface area (Å²) in [6.45, 7) is 0.000271. The second-order valence-electron chi connectivity index (χ2n) is 3.71. The number of imidazole rings is 1. The molecular formula is C12H15N3O2S. The van der Waals surface area contributed by atoms with E-state index in [1.165, 1.54) is 0 Å². The van der Waals surface area contributed by atoms with Crippen LogP contribution in [0.1, 0.15) is 11.3 Å². The van der Waals surface area contributed by atoms with E-state index in [9.17, 15) is 0 Å². The van der Waals surface area contributed by atoms with Gasteiger partial charge in [-0.2, -0.15) is 0 Å². The normalized spacial score (nSPS) is 10.6. The molecule has 0 amide bonds. The average Bonchev–Trinajstić information content (AvgIpc) is 2.77. The summed E-state index contributed by atoms with van der Waals surface area (Å²) < 4.78 is 7.08. The molecular weight excluding hydrogens is 250 g/mol. The van der Waals surface area contributed by atoms with Crippen molar-refractivity contribution < 1.29 is 9.84 Å². The number of ether oxygens (including phenoxy) is 1. The van der Waals surface area contributed by atoms with E-state index >= 15 is 0 Å². The standard InChI is InChI=1S/C12H15N3O2S/c1-15-10(7-16)6-14-12(15)18-8-9-4-3-5-13-11(9)17-2/h3-6,16H,7-8H2,1-2H3. The Kier molecular flexibility index (Phi) is 4.22. The summed E-state index contributed by atoms with van der Waals surface area (Å²) in [6, 6.07) is 3.87. The highest BCUT2D eigenvalue weighted by Crippen LogP contribution is 2.25. The maximum absolute atomic E-state index is 9.10. The Morgan fingerprint density at radius 3 is 2.94 bits per heavy atom. The summed E-state index contributed by atoms with van der Waals surface area (Å²) in [6.07, 6.45) is 3.39. The van der Waals surface area contributed by atoms with E-state index in [0.717, 1.165) is 22.2 Å². The molecule has 18 heavy (non-hydrogen) atoms. The third-order valence-electron chi connectivity index (χ3n) is 2.60. The van der Waals surface area contributed by atoms with Gasteiger partial charge in [0.25, 0.3) is 0 Å². The number of hydrogen-bond acceptors (Lipinski definition) is 5. The van der Waals surface area contributed by atoms with Crippen LogP contribution in [0.5, 0.6) is 5.88 Å². The largest absolute Gasteiger partial charge is 0.481 e. The summed E-state index contributed by atoms with van der Waals surface area (Å²) in [4.78, 5) is 8.41. The number of nitrogens with zero attached hydrogens (tertiary/aromatic N) is 3. The minimum absolute atomic E-state index is 0.000271. The Morgan fingerprint density at radius 2 is 2.28 bits per heavy atom. The third kappa shape index (κ3) is 2.65. The van der Waals surface area contributed by atoms with Gasteiger partial charge < -0.3 is 14.4 Å². The molecule has 2 aromatic rings. The van der Waals surface area contributed by atoms with Crippen molar-refractivity contribution in [3.63, 3.8) is 0 Å². The van der Waals surface area contributed by atoms with E-state index in [4.69, 9.17) is 9.84 Å². The molecule has 0 atom stereocenters. The first-order valence-electron chi connectivity index (χ1n) is 5.48. The van der Waals surface area contributed by atoms with Crippen molar-refractivity contribution in [2.75, 3.05) is 7.11 Å². The molecule has 96 valence electrons. The van der Waals surface area contributed by atoms with Crippen LogP contribution in [0.4, 0.5) is 0 Å². The molecule has 0 aromatic carbocycles. The smallest absolute Gasteiger partial charge is 0.217 e. The van der Waals surface area contributed by atoms with Gasteiger partial charge in [0.15, 0.2) is 5.16 Å². The fraction of sp³-hybridized carbons (Fsp3) is 0.333. The second kappa shape index (κ2) is 5.88. The van der Waals surface area contributed by atoms with E-state index in [1.54, 1.807) is 31.3 Å². The van der Waals surface area contributed by atoms with Gasteiger partial charge in [0, 0.05) is 24.6 Å². The lowest BCUT2D eigenvalue weighted by molar-refractivity contribution is 0.271. The van der Waals surface area contributed by atoms with E-state index < -0.39 is 0 Å². The lowest BCUT2D eigenvalue weighted by Gasteiger charge is -2.07. The Labute approximate surface area is 110 Å². The molecule has 0 spiro atoms. The molecule has 0 aliphatic heterocycles. The predicted molar refractivity (Wildman–Crippen MR) is 69.5 cm³/mol. The Morgan fingerprint density at radius 1 is 1.44 bits per heavy atom. The number of hydrogen-bond donors (Lipinski definition) is 1. The fourth-order valence-corrected chi connectivity index (χ4v) is 2.51. The molecule has 0 radical (unpaired) electrons. The Balaban J connectivity index is 2.09. The van der Waals surface area contributed by atoms with Crippen LogP contribution in [-0.4, -0.2) is 26.8 Å². The lowest BCUT2D eigenvalue weighted by atomic mass is 10.3. The molecule has 6 heteroatoms. The van der Waals surface area contributed by atoms with E-state index in [0.29, 0.717) is 5.88 Å². The van der Waals surface area contributed by atoms with Gasteiger partial charge >= 0.3 is 0 Å². The minimum atomic E-state index is 0.000271. The number of aromatic nitrogens is 3. The van der Waals surface area contributed by atoms with Crippen LogP contribution in [0.2, 0.25) is 0 Å². The lowest BCUT2D eigenvalue weighted by Crippen LogP contribution is -1.98. The molecule has 0 saturated carbocycles. The summed E-state index contributed by atoms with van der Waals surface area (Å²) in [7, 11) is 3.50. The van der Waals surface area contributed by atoms with Crippen LogP contribution >= 0.6 is 11.8 Å². The zero-order valence-corrected chi connectivity index (χ0v) is 11.1. The van der Waals surface area contributed by atoms with Crippen LogP contribution in [0.25, 0.3) is 0 Å². The first-order chi connectivity index (χ1) is 8.76. The summed E-state index contributed by atoms with van der Waals surface area (Å²) >= 11 is 1.59. The zero-order valence-electron chi connectivity index (χ0n) is 10.3. The molecule has 0 bridgehead atoms. The first-order valence-corrected chi connectivity index (χ1v) is 6.47. The van der Waals surface area contributed by atoms with Crippen molar-refractivity contribution in [3.8, 4) is 5.88 Å². The SMILES string of the molecule is COc1ncccc1CSc1ncc(CO)n1C. The molecule has 0 aliphatic rings. The van der Waals surface area contributed by atoms with Gasteiger partial charge in [0.2, 0.25) is 5.88 Å². The highest BCUT2D eigenvalue weighted by molar-refractivity contribution is 7.98. The molecule has 1 N–H and O–H groups in total. The van der Waals surface area contributed by atoms with Crippen LogP contribution in [0.15, 0.2) is 29.7 Å². The number of methoxy groups -OCH3 is 1. The number of aliphatic hydroxyl groups excluding tert-OH is 1. The number of thioether (sulfide) groups is 1. The van der Waals surface area contributed by atoms with Crippen LogP contribution in [0.3, 0.4) is 0 Å². The van der Waals surface area contributed by atoms with Gasteiger partial charge in [-0.05, 0) is 6.07 Å². The maximum atomic E-state index is 9.10. The molecule has 2 heterocycles. The molecule has 5 nitrogen and oxygen atoms in total. The number of pyridine rings is 1. The van der Waals surface area contributed by atoms with Crippen LogP contribution < -0.4 is 4.74 Å². The molecule has 0 saturated heterocycles. The third-order valence-corrected chi connectivity index (χ3v) is 3.70. The van der Waals surface area contributed by atoms with E-state index in [1.807, 2.05) is 23.7 Å². The van der Waals surface area contributed by atoms with Crippen molar-refractivity contribution >= 4 is 11.8 Å². The Bertz CT molecular complexity index is 528. The highest BCUT2D eigenvalue weighted by atomic mass is 32.2. The van der Waals surface area contributed by atoms with Gasteiger partial charge in [0.1, 0.15) is 0 Å². The molecule has 0 fully saturated rings. The fourth-order valence-electron chi connectivity index (χ4n) is 1.57. The molecule has 2 aromatic heterocycles. The number of rotatable bonds is 5. The van der Waals surface area contributed by atoms with Gasteiger partial charge in [0.05, 0.1) is 25.6 Å². The summed E-state index contributed by atoms with van der Waals surface area (Å²) in [5.74, 6) is 1.37. The van der Waals surface area contributed by atoms with Gasteiger partial charge in [-0.15, -0.1) is 0 Å². The van der Waals surface area contributed by atoms with Crippen molar-refractivity contribution in [2.24, 2.45) is 7.05 Å². The van der Waals surface area contributed by atoms with Crippen molar-refractivity contribution in [1.82, 2.24) is 14.5 Å². The van der Waals surface area contributed by atoms with Crippen molar-refractivity contribution in [1.29, 1.82) is 0 Å². The maximum Gasteiger partial charge on any atom is 0.217 e. The van der Waals surface area contributed by atoms with Gasteiger partial charge in [-0.3, -0.25) is 0 Å². The summed E-state index contributed by atoms with van der Waals surface area (Å²) in [5.41, 5.74) is 1.83. The van der Waals surface area contributed by atoms with E-state index in [2.05, 4.69) is 9.97 Å². The zero-order chi connectivity index (χ0) is 13.0. The monoisotopic (exact) mass is 265 g/mol. The topological polar surface area (TPSA) is 60.2 Å².